The normalized spacial score (nSPS) is 13.8. The number of para-hydroxylation sites is 2. The molecule has 0 fully saturated rings. The van der Waals surface area contributed by atoms with Crippen LogP contribution in [0.25, 0.3) is 55.0 Å². The van der Waals surface area contributed by atoms with Crippen molar-refractivity contribution in [1.82, 2.24) is 9.13 Å². The van der Waals surface area contributed by atoms with E-state index in [-0.39, 0.29) is 23.0 Å². The van der Waals surface area contributed by atoms with Gasteiger partial charge in [-0.05, 0) is 105 Å². The maximum Gasteiger partial charge on any atom is 0.256 e. The Morgan fingerprint density at radius 3 is 2.00 bits per heavy atom. The molecule has 2 aliphatic rings. The van der Waals surface area contributed by atoms with Crippen LogP contribution in [-0.4, -0.2) is 15.8 Å². The van der Waals surface area contributed by atoms with Gasteiger partial charge in [0.05, 0.1) is 27.9 Å². The third-order valence-corrected chi connectivity index (χ3v) is 12.6. The van der Waals surface area contributed by atoms with Gasteiger partial charge < -0.3 is 19.2 Å². The Morgan fingerprint density at radius 1 is 0.603 bits per heavy atom. The first kappa shape index (κ1) is 36.4. The zero-order valence-corrected chi connectivity index (χ0v) is 35.6. The van der Waals surface area contributed by atoms with Crippen molar-refractivity contribution >= 4 is 72.4 Å². The van der Waals surface area contributed by atoms with Crippen molar-refractivity contribution in [3.8, 4) is 22.9 Å². The summed E-state index contributed by atoms with van der Waals surface area (Å²) >= 11 is 0. The van der Waals surface area contributed by atoms with E-state index in [0.29, 0.717) is 0 Å². The molecule has 10 rings (SSSR count). The van der Waals surface area contributed by atoms with E-state index in [4.69, 9.17) is 4.74 Å². The van der Waals surface area contributed by atoms with E-state index < -0.39 is 0 Å². The highest BCUT2D eigenvalue weighted by atomic mass is 16.5. The van der Waals surface area contributed by atoms with Gasteiger partial charge >= 0.3 is 0 Å². The van der Waals surface area contributed by atoms with E-state index in [2.05, 4.69) is 186 Å². The molecule has 2 aliphatic heterocycles. The monoisotopic (exact) mass is 757 g/mol. The van der Waals surface area contributed by atoms with E-state index in [1.54, 1.807) is 0 Å². The first-order chi connectivity index (χ1) is 27.5. The largest absolute Gasteiger partial charge is 0.458 e. The van der Waals surface area contributed by atoms with Gasteiger partial charge in [0.2, 0.25) is 0 Å². The van der Waals surface area contributed by atoms with Crippen molar-refractivity contribution in [2.75, 3.05) is 5.32 Å². The topological polar surface area (TPSA) is 31.1 Å². The van der Waals surface area contributed by atoms with Crippen molar-refractivity contribution < 1.29 is 4.74 Å². The van der Waals surface area contributed by atoms with Gasteiger partial charge in [-0.1, -0.05) is 130 Å². The summed E-state index contributed by atoms with van der Waals surface area (Å²) in [4.78, 5) is 0. The van der Waals surface area contributed by atoms with Crippen LogP contribution in [0.3, 0.4) is 0 Å². The minimum Gasteiger partial charge on any atom is -0.458 e. The van der Waals surface area contributed by atoms with Crippen molar-refractivity contribution in [1.29, 1.82) is 0 Å². The summed E-state index contributed by atoms with van der Waals surface area (Å²) in [5.74, 6) is 1.83. The molecular weight excluding hydrogens is 705 g/mol. The van der Waals surface area contributed by atoms with Gasteiger partial charge in [-0.2, -0.15) is 0 Å². The predicted molar refractivity (Wildman–Crippen MR) is 250 cm³/mol. The van der Waals surface area contributed by atoms with Gasteiger partial charge in [0.1, 0.15) is 11.5 Å². The number of fused-ring (bicyclic) bond motifs is 10. The van der Waals surface area contributed by atoms with Crippen molar-refractivity contribution in [3.63, 3.8) is 0 Å². The molecule has 0 saturated carbocycles. The summed E-state index contributed by atoms with van der Waals surface area (Å²) < 4.78 is 12.2. The summed E-state index contributed by atoms with van der Waals surface area (Å²) in [5.41, 5.74) is 16.6. The number of nitrogens with one attached hydrogen (secondary N) is 1. The highest BCUT2D eigenvalue weighted by Crippen LogP contribution is 2.44. The SMILES string of the molecule is C=C(/C=C\C)Nc1cccc2c3ccccc3n(-c3cc4c5c(c3)-n3c6ccc(C(C)(C)C)cc6c6cc(C(C)(C)C)cc(c63)B5c3cc(C(C)(C)C)ccc3O4)c12. The van der Waals surface area contributed by atoms with Gasteiger partial charge in [0.15, 0.2) is 0 Å². The molecule has 0 saturated heterocycles. The van der Waals surface area contributed by atoms with E-state index in [1.165, 1.54) is 71.3 Å². The van der Waals surface area contributed by atoms with Gasteiger partial charge in [0.25, 0.3) is 6.71 Å². The Balaban J connectivity index is 1.36. The number of anilines is 1. The molecular formula is C53H52BN3O. The van der Waals surface area contributed by atoms with Gasteiger partial charge in [-0.15, -0.1) is 0 Å². The molecule has 4 heterocycles. The zero-order valence-electron chi connectivity index (χ0n) is 35.6. The summed E-state index contributed by atoms with van der Waals surface area (Å²) in [7, 11) is 0. The van der Waals surface area contributed by atoms with Gasteiger partial charge in [0, 0.05) is 44.5 Å². The van der Waals surface area contributed by atoms with E-state index in [9.17, 15) is 0 Å². The summed E-state index contributed by atoms with van der Waals surface area (Å²) in [5, 5.41) is 8.63. The van der Waals surface area contributed by atoms with Crippen LogP contribution in [-0.2, 0) is 16.2 Å². The fourth-order valence-corrected chi connectivity index (χ4v) is 9.57. The number of benzene rings is 6. The molecule has 58 heavy (non-hydrogen) atoms. The Labute approximate surface area is 342 Å². The third-order valence-electron chi connectivity index (χ3n) is 12.6. The lowest BCUT2D eigenvalue weighted by Crippen LogP contribution is -2.58. The van der Waals surface area contributed by atoms with Crippen LogP contribution in [0.15, 0.2) is 128 Å². The van der Waals surface area contributed by atoms with Crippen LogP contribution in [0.5, 0.6) is 11.5 Å². The molecule has 288 valence electrons. The van der Waals surface area contributed by atoms with Gasteiger partial charge in [-0.25, -0.2) is 0 Å². The number of ether oxygens (including phenoxy) is 1. The molecule has 5 heteroatoms. The number of hydrogen-bond acceptors (Lipinski definition) is 2. The summed E-state index contributed by atoms with van der Waals surface area (Å²) in [6, 6.07) is 39.0. The second-order valence-electron chi connectivity index (χ2n) is 19.6. The molecule has 6 aromatic carbocycles. The van der Waals surface area contributed by atoms with Crippen molar-refractivity contribution in [3.05, 3.63) is 144 Å². The van der Waals surface area contributed by atoms with Crippen molar-refractivity contribution in [2.24, 2.45) is 0 Å². The van der Waals surface area contributed by atoms with Crippen LogP contribution < -0.4 is 26.4 Å². The highest BCUT2D eigenvalue weighted by Gasteiger charge is 2.42. The number of allylic oxidation sites excluding steroid dienone is 2. The molecule has 8 aromatic rings. The minimum absolute atomic E-state index is 0.00617. The summed E-state index contributed by atoms with van der Waals surface area (Å²) in [6.07, 6.45) is 4.03. The average molecular weight is 758 g/mol. The summed E-state index contributed by atoms with van der Waals surface area (Å²) in [6.45, 7) is 27.2. The van der Waals surface area contributed by atoms with Gasteiger partial charge in [-0.3, -0.25) is 0 Å². The Kier molecular flexibility index (Phi) is 7.71. The molecule has 1 N–H and O–H groups in total. The lowest BCUT2D eigenvalue weighted by atomic mass is 9.34. The maximum atomic E-state index is 7.18. The first-order valence-electron chi connectivity index (χ1n) is 20.8. The average Bonchev–Trinajstić information content (AvgIpc) is 3.69. The Morgan fingerprint density at radius 2 is 1.26 bits per heavy atom. The molecule has 4 nitrogen and oxygen atoms in total. The fraction of sp³-hybridized carbons (Fsp3) is 0.245. The highest BCUT2D eigenvalue weighted by molar-refractivity contribution is 6.99. The molecule has 0 aliphatic carbocycles. The predicted octanol–water partition coefficient (Wildman–Crippen LogP) is 12.2. The molecule has 2 aromatic heterocycles. The molecule has 0 unspecified atom stereocenters. The van der Waals surface area contributed by atoms with E-state index in [1.807, 2.05) is 19.1 Å². The number of hydrogen-bond donors (Lipinski definition) is 1. The van der Waals surface area contributed by atoms with E-state index in [0.717, 1.165) is 39.6 Å². The molecule has 0 bridgehead atoms. The zero-order chi connectivity index (χ0) is 40.6. The number of rotatable bonds is 4. The maximum absolute atomic E-state index is 7.18. The number of aromatic nitrogens is 2. The van der Waals surface area contributed by atoms with Crippen LogP contribution in [0.4, 0.5) is 5.69 Å². The smallest absolute Gasteiger partial charge is 0.256 e. The van der Waals surface area contributed by atoms with Crippen LogP contribution in [0.2, 0.25) is 0 Å². The minimum atomic E-state index is -0.0462. The van der Waals surface area contributed by atoms with Crippen LogP contribution in [0.1, 0.15) is 85.9 Å². The lowest BCUT2D eigenvalue weighted by Gasteiger charge is -2.35. The van der Waals surface area contributed by atoms with Crippen molar-refractivity contribution in [2.45, 2.75) is 85.5 Å². The second kappa shape index (κ2) is 12.3. The molecule has 0 radical (unpaired) electrons. The van der Waals surface area contributed by atoms with Crippen LogP contribution >= 0.6 is 0 Å². The molecule has 0 spiro atoms. The Bertz CT molecular complexity index is 3100. The van der Waals surface area contributed by atoms with E-state index >= 15 is 0 Å². The Hall–Kier alpha value is -5.94. The number of nitrogens with zero attached hydrogens (tertiary/aromatic N) is 2. The third kappa shape index (κ3) is 5.35. The fourth-order valence-electron chi connectivity index (χ4n) is 9.57. The lowest BCUT2D eigenvalue weighted by molar-refractivity contribution is 0.486. The molecule has 0 amide bonds. The van der Waals surface area contributed by atoms with Crippen LogP contribution in [0, 0.1) is 0 Å². The first-order valence-corrected chi connectivity index (χ1v) is 20.8. The molecule has 0 atom stereocenters. The standard InChI is InChI=1S/C53H52BN3O/c1-12-16-31(2)55-42-19-15-18-37-36-17-13-14-20-43(36)56(50(37)42)35-29-45-48-47(30-35)58-46-24-22-33(52(6,7)8)27-40(46)54(48)41-28-34(53(9,10)11)26-39-38-25-32(51(3,4)5)21-23-44(38)57(45)49(39)41/h12-30,55H,2H2,1,3-11H3/b16-12-. The quantitative estimate of drug-likeness (QED) is 0.143. The second-order valence-corrected chi connectivity index (χ2v) is 19.6.